The number of halogens is 1. The third-order valence-electron chi connectivity index (χ3n) is 1.86. The number of rotatable bonds is 2. The van der Waals surface area contributed by atoms with E-state index in [0.29, 0.717) is 11.5 Å². The molecular weight excluding hydrogens is 270 g/mol. The van der Waals surface area contributed by atoms with Crippen LogP contribution in [0, 0.1) is 0 Å². The molecule has 0 radical (unpaired) electrons. The van der Waals surface area contributed by atoms with Crippen molar-refractivity contribution in [3.05, 3.63) is 52.9 Å². The lowest BCUT2D eigenvalue weighted by Gasteiger charge is -2.03. The van der Waals surface area contributed by atoms with Gasteiger partial charge >= 0.3 is 0 Å². The molecule has 1 amide bonds. The number of nitrogens with zero attached hydrogens (tertiary/aromatic N) is 2. The summed E-state index contributed by atoms with van der Waals surface area (Å²) in [6.45, 7) is 0. The molecule has 0 aliphatic carbocycles. The molecule has 0 unspecified atom stereocenters. The molecule has 5 heteroatoms. The molecule has 2 aromatic heterocycles. The van der Waals surface area contributed by atoms with E-state index in [1.165, 1.54) is 0 Å². The second-order valence-electron chi connectivity index (χ2n) is 3.03. The van der Waals surface area contributed by atoms with E-state index < -0.39 is 0 Å². The van der Waals surface area contributed by atoms with Gasteiger partial charge in [0, 0.05) is 16.9 Å². The zero-order chi connectivity index (χ0) is 11.4. The van der Waals surface area contributed by atoms with Crippen LogP contribution in [-0.4, -0.2) is 15.9 Å². The van der Waals surface area contributed by atoms with Crippen molar-refractivity contribution in [2.45, 2.75) is 0 Å². The van der Waals surface area contributed by atoms with Crippen molar-refractivity contribution >= 4 is 27.7 Å². The molecule has 0 spiro atoms. The summed E-state index contributed by atoms with van der Waals surface area (Å²) in [7, 11) is 0. The summed E-state index contributed by atoms with van der Waals surface area (Å²) in [5, 5.41) is 2.65. The van der Waals surface area contributed by atoms with Crippen LogP contribution in [0.2, 0.25) is 0 Å². The Labute approximate surface area is 101 Å². The van der Waals surface area contributed by atoms with E-state index in [-0.39, 0.29) is 5.91 Å². The first-order valence-electron chi connectivity index (χ1n) is 4.59. The number of carbonyl (C=O) groups is 1. The van der Waals surface area contributed by atoms with Gasteiger partial charge in [0.15, 0.2) is 0 Å². The molecule has 2 heterocycles. The van der Waals surface area contributed by atoms with Crippen molar-refractivity contribution in [3.8, 4) is 0 Å². The first-order chi connectivity index (χ1) is 7.75. The van der Waals surface area contributed by atoms with E-state index in [9.17, 15) is 4.79 Å². The standard InChI is InChI=1S/C11H8BrN3O/c12-8-4-6-13-9(7-8)11(16)15-10-3-1-2-5-14-10/h1-7H,(H,14,15,16). The van der Waals surface area contributed by atoms with Gasteiger partial charge in [-0.05, 0) is 24.3 Å². The molecule has 16 heavy (non-hydrogen) atoms. The van der Waals surface area contributed by atoms with Crippen LogP contribution in [0.25, 0.3) is 0 Å². The van der Waals surface area contributed by atoms with Gasteiger partial charge < -0.3 is 5.32 Å². The third-order valence-corrected chi connectivity index (χ3v) is 2.35. The molecule has 2 aromatic rings. The minimum Gasteiger partial charge on any atom is -0.305 e. The van der Waals surface area contributed by atoms with Crippen molar-refractivity contribution in [1.82, 2.24) is 9.97 Å². The van der Waals surface area contributed by atoms with Gasteiger partial charge in [0.2, 0.25) is 0 Å². The minimum absolute atomic E-state index is 0.278. The van der Waals surface area contributed by atoms with Gasteiger partial charge in [-0.15, -0.1) is 0 Å². The molecule has 0 aliphatic rings. The van der Waals surface area contributed by atoms with Crippen molar-refractivity contribution in [3.63, 3.8) is 0 Å². The number of anilines is 1. The number of hydrogen-bond donors (Lipinski definition) is 1. The van der Waals surface area contributed by atoms with E-state index >= 15 is 0 Å². The van der Waals surface area contributed by atoms with Crippen LogP contribution in [-0.2, 0) is 0 Å². The summed E-state index contributed by atoms with van der Waals surface area (Å²) < 4.78 is 0.814. The lowest BCUT2D eigenvalue weighted by Crippen LogP contribution is -2.14. The van der Waals surface area contributed by atoms with Crippen LogP contribution in [0.15, 0.2) is 47.2 Å². The summed E-state index contributed by atoms with van der Waals surface area (Å²) in [6.07, 6.45) is 3.18. The lowest BCUT2D eigenvalue weighted by atomic mass is 10.3. The highest BCUT2D eigenvalue weighted by Crippen LogP contribution is 2.10. The molecule has 0 fully saturated rings. The van der Waals surface area contributed by atoms with E-state index in [1.807, 2.05) is 0 Å². The fraction of sp³-hybridized carbons (Fsp3) is 0. The molecule has 1 N–H and O–H groups in total. The Bertz CT molecular complexity index is 502. The van der Waals surface area contributed by atoms with E-state index in [0.717, 1.165) is 4.47 Å². The van der Waals surface area contributed by atoms with Crippen molar-refractivity contribution in [2.75, 3.05) is 5.32 Å². The largest absolute Gasteiger partial charge is 0.305 e. The van der Waals surface area contributed by atoms with E-state index in [4.69, 9.17) is 0 Å². The molecule has 0 bridgehead atoms. The summed E-state index contributed by atoms with van der Waals surface area (Å²) >= 11 is 3.28. The maximum absolute atomic E-state index is 11.7. The Hall–Kier alpha value is -1.75. The van der Waals surface area contributed by atoms with Gasteiger partial charge in [-0.1, -0.05) is 22.0 Å². The van der Waals surface area contributed by atoms with Gasteiger partial charge in [0.25, 0.3) is 5.91 Å². The van der Waals surface area contributed by atoms with Crippen LogP contribution in [0.4, 0.5) is 5.82 Å². The second kappa shape index (κ2) is 4.85. The van der Waals surface area contributed by atoms with Crippen LogP contribution >= 0.6 is 15.9 Å². The number of carbonyl (C=O) groups excluding carboxylic acids is 1. The first kappa shape index (κ1) is 10.8. The molecule has 0 aliphatic heterocycles. The summed E-state index contributed by atoms with van der Waals surface area (Å²) in [5.74, 6) is 0.231. The summed E-state index contributed by atoms with van der Waals surface area (Å²) in [4.78, 5) is 19.7. The average molecular weight is 278 g/mol. The number of hydrogen-bond acceptors (Lipinski definition) is 3. The molecular formula is C11H8BrN3O. The number of nitrogens with one attached hydrogen (secondary N) is 1. The zero-order valence-corrected chi connectivity index (χ0v) is 9.81. The predicted octanol–water partition coefficient (Wildman–Crippen LogP) is 2.49. The number of pyridine rings is 2. The van der Waals surface area contributed by atoms with Gasteiger partial charge in [-0.3, -0.25) is 9.78 Å². The zero-order valence-electron chi connectivity index (χ0n) is 8.22. The molecule has 0 atom stereocenters. The smallest absolute Gasteiger partial charge is 0.275 e. The highest BCUT2D eigenvalue weighted by molar-refractivity contribution is 9.10. The van der Waals surface area contributed by atoms with Crippen LogP contribution in [0.1, 0.15) is 10.5 Å². The molecule has 2 rings (SSSR count). The summed E-state index contributed by atoms with van der Waals surface area (Å²) in [5.41, 5.74) is 0.347. The molecule has 80 valence electrons. The van der Waals surface area contributed by atoms with Crippen molar-refractivity contribution < 1.29 is 4.79 Å². The lowest BCUT2D eigenvalue weighted by molar-refractivity contribution is 0.102. The highest BCUT2D eigenvalue weighted by atomic mass is 79.9. The average Bonchev–Trinajstić information content (AvgIpc) is 2.30. The molecule has 0 aromatic carbocycles. The fourth-order valence-electron chi connectivity index (χ4n) is 1.15. The van der Waals surface area contributed by atoms with Gasteiger partial charge in [0.05, 0.1) is 0 Å². The van der Waals surface area contributed by atoms with Crippen LogP contribution < -0.4 is 5.32 Å². The summed E-state index contributed by atoms with van der Waals surface area (Å²) in [6, 6.07) is 8.72. The predicted molar refractivity (Wildman–Crippen MR) is 64.1 cm³/mol. The second-order valence-corrected chi connectivity index (χ2v) is 3.94. The van der Waals surface area contributed by atoms with E-state index in [1.54, 1.807) is 42.7 Å². The number of amides is 1. The van der Waals surface area contributed by atoms with Crippen molar-refractivity contribution in [2.24, 2.45) is 0 Å². The highest BCUT2D eigenvalue weighted by Gasteiger charge is 2.07. The minimum atomic E-state index is -0.278. The molecule has 0 saturated heterocycles. The Balaban J connectivity index is 2.15. The number of aromatic nitrogens is 2. The molecule has 4 nitrogen and oxygen atoms in total. The van der Waals surface area contributed by atoms with Crippen LogP contribution in [0.5, 0.6) is 0 Å². The van der Waals surface area contributed by atoms with Gasteiger partial charge in [-0.2, -0.15) is 0 Å². The van der Waals surface area contributed by atoms with E-state index in [2.05, 4.69) is 31.2 Å². The Morgan fingerprint density at radius 2 is 2.06 bits per heavy atom. The maximum Gasteiger partial charge on any atom is 0.275 e. The Morgan fingerprint density at radius 1 is 1.19 bits per heavy atom. The Morgan fingerprint density at radius 3 is 2.75 bits per heavy atom. The normalized spacial score (nSPS) is 9.81. The quantitative estimate of drug-likeness (QED) is 0.918. The first-order valence-corrected chi connectivity index (χ1v) is 5.39. The Kier molecular flexibility index (Phi) is 3.26. The van der Waals surface area contributed by atoms with Gasteiger partial charge in [-0.25, -0.2) is 4.98 Å². The maximum atomic E-state index is 11.7. The van der Waals surface area contributed by atoms with Gasteiger partial charge in [0.1, 0.15) is 11.5 Å². The molecule has 0 saturated carbocycles. The van der Waals surface area contributed by atoms with Crippen LogP contribution in [0.3, 0.4) is 0 Å². The van der Waals surface area contributed by atoms with Crippen molar-refractivity contribution in [1.29, 1.82) is 0 Å². The third kappa shape index (κ3) is 2.64. The monoisotopic (exact) mass is 277 g/mol. The fourth-order valence-corrected chi connectivity index (χ4v) is 1.48. The SMILES string of the molecule is O=C(Nc1ccccn1)c1cc(Br)ccn1. The topological polar surface area (TPSA) is 54.9 Å².